The number of ether oxygens (including phenoxy) is 1. The second-order valence-corrected chi connectivity index (χ2v) is 5.10. The molecule has 0 amide bonds. The van der Waals surface area contributed by atoms with Gasteiger partial charge < -0.3 is 9.84 Å². The van der Waals surface area contributed by atoms with E-state index >= 15 is 0 Å². The van der Waals surface area contributed by atoms with E-state index in [0.717, 1.165) is 0 Å². The van der Waals surface area contributed by atoms with Gasteiger partial charge in [0.15, 0.2) is 5.75 Å². The molecule has 0 saturated heterocycles. The van der Waals surface area contributed by atoms with Crippen molar-refractivity contribution in [2.45, 2.75) is 12.3 Å². The Bertz CT molecular complexity index is 449. The standard InChI is InChI=1S/C9H7Br2NO3/c1-9(8(13)14)3-15-6-4(9)2-5(10)12-7(6)11/h2H,3H2,1H3,(H,13,14). The molecule has 1 N–H and O–H groups in total. The van der Waals surface area contributed by atoms with Gasteiger partial charge in [-0.15, -0.1) is 0 Å². The Labute approximate surface area is 103 Å². The third kappa shape index (κ3) is 1.56. The number of hydrogen-bond donors (Lipinski definition) is 1. The van der Waals surface area contributed by atoms with Crippen LogP contribution in [0.3, 0.4) is 0 Å². The van der Waals surface area contributed by atoms with E-state index in [-0.39, 0.29) is 6.61 Å². The lowest BCUT2D eigenvalue weighted by atomic mass is 9.85. The third-order valence-electron chi connectivity index (χ3n) is 2.47. The molecule has 1 aromatic heterocycles. The third-order valence-corrected chi connectivity index (χ3v) is 3.42. The molecule has 0 fully saturated rings. The van der Waals surface area contributed by atoms with Crippen LogP contribution in [-0.4, -0.2) is 22.7 Å². The topological polar surface area (TPSA) is 59.4 Å². The zero-order valence-corrected chi connectivity index (χ0v) is 10.9. The maximum Gasteiger partial charge on any atom is 0.317 e. The van der Waals surface area contributed by atoms with Crippen LogP contribution in [0.5, 0.6) is 5.75 Å². The first-order chi connectivity index (χ1) is 6.95. The smallest absolute Gasteiger partial charge is 0.317 e. The molecule has 0 bridgehead atoms. The van der Waals surface area contributed by atoms with Gasteiger partial charge in [0.2, 0.25) is 0 Å². The van der Waals surface area contributed by atoms with Gasteiger partial charge in [-0.05, 0) is 44.8 Å². The Hall–Kier alpha value is -0.620. The summed E-state index contributed by atoms with van der Waals surface area (Å²) in [7, 11) is 0. The highest BCUT2D eigenvalue weighted by Gasteiger charge is 2.44. The zero-order chi connectivity index (χ0) is 11.2. The van der Waals surface area contributed by atoms with Crippen LogP contribution in [0.25, 0.3) is 0 Å². The lowest BCUT2D eigenvalue weighted by Crippen LogP contribution is -2.33. The van der Waals surface area contributed by atoms with Crippen molar-refractivity contribution >= 4 is 37.8 Å². The summed E-state index contributed by atoms with van der Waals surface area (Å²) in [4.78, 5) is 15.3. The highest BCUT2D eigenvalue weighted by Crippen LogP contribution is 2.43. The minimum absolute atomic E-state index is 0.133. The molecule has 2 rings (SSSR count). The summed E-state index contributed by atoms with van der Waals surface area (Å²) in [6, 6.07) is 1.68. The number of halogens is 2. The number of aliphatic carboxylic acids is 1. The molecule has 0 spiro atoms. The molecule has 0 radical (unpaired) electrons. The van der Waals surface area contributed by atoms with Gasteiger partial charge in [0.25, 0.3) is 0 Å². The van der Waals surface area contributed by atoms with Gasteiger partial charge in [0.1, 0.15) is 21.2 Å². The molecule has 1 atom stereocenters. The van der Waals surface area contributed by atoms with Crippen molar-refractivity contribution in [3.8, 4) is 5.75 Å². The van der Waals surface area contributed by atoms with E-state index in [2.05, 4.69) is 36.8 Å². The van der Waals surface area contributed by atoms with Gasteiger partial charge in [-0.3, -0.25) is 4.79 Å². The first-order valence-corrected chi connectivity index (χ1v) is 5.76. The fourth-order valence-corrected chi connectivity index (χ4v) is 2.65. The predicted molar refractivity (Wildman–Crippen MR) is 60.1 cm³/mol. The molecule has 1 unspecified atom stereocenters. The summed E-state index contributed by atoms with van der Waals surface area (Å²) in [5.41, 5.74) is -0.354. The summed E-state index contributed by atoms with van der Waals surface area (Å²) < 4.78 is 6.46. The Balaban J connectivity index is 2.65. The fourth-order valence-electron chi connectivity index (χ4n) is 1.49. The maximum absolute atomic E-state index is 11.2. The summed E-state index contributed by atoms with van der Waals surface area (Å²) >= 11 is 6.47. The van der Waals surface area contributed by atoms with Gasteiger partial charge in [0, 0.05) is 5.56 Å². The van der Waals surface area contributed by atoms with Crippen molar-refractivity contribution in [3.05, 3.63) is 20.8 Å². The van der Waals surface area contributed by atoms with Crippen molar-refractivity contribution in [2.24, 2.45) is 0 Å². The fraction of sp³-hybridized carbons (Fsp3) is 0.333. The van der Waals surface area contributed by atoms with Crippen LogP contribution in [-0.2, 0) is 10.2 Å². The van der Waals surface area contributed by atoms with E-state index < -0.39 is 11.4 Å². The van der Waals surface area contributed by atoms with Crippen LogP contribution < -0.4 is 4.74 Å². The molecule has 0 aromatic carbocycles. The molecular weight excluding hydrogens is 330 g/mol. The van der Waals surface area contributed by atoms with Gasteiger partial charge in [-0.25, -0.2) is 4.98 Å². The number of carboxylic acids is 1. The average Bonchev–Trinajstić information content (AvgIpc) is 2.46. The zero-order valence-electron chi connectivity index (χ0n) is 7.75. The molecule has 15 heavy (non-hydrogen) atoms. The number of carbonyl (C=O) groups is 1. The molecule has 1 aliphatic heterocycles. The van der Waals surface area contributed by atoms with Crippen LogP contribution >= 0.6 is 31.9 Å². The lowest BCUT2D eigenvalue weighted by Gasteiger charge is -2.16. The number of pyridine rings is 1. The molecule has 0 aliphatic carbocycles. The summed E-state index contributed by atoms with van der Waals surface area (Å²) in [5, 5.41) is 9.17. The highest BCUT2D eigenvalue weighted by molar-refractivity contribution is 9.11. The van der Waals surface area contributed by atoms with Gasteiger partial charge in [0.05, 0.1) is 0 Å². The minimum Gasteiger partial charge on any atom is -0.489 e. The molecule has 4 nitrogen and oxygen atoms in total. The van der Waals surface area contributed by atoms with Crippen LogP contribution in [0, 0.1) is 0 Å². The van der Waals surface area contributed by atoms with Crippen LogP contribution in [0.2, 0.25) is 0 Å². The monoisotopic (exact) mass is 335 g/mol. The van der Waals surface area contributed by atoms with Crippen LogP contribution in [0.1, 0.15) is 12.5 Å². The Morgan fingerprint density at radius 1 is 1.67 bits per heavy atom. The second kappa shape index (κ2) is 3.45. The number of aromatic nitrogens is 1. The Morgan fingerprint density at radius 3 is 2.93 bits per heavy atom. The van der Waals surface area contributed by atoms with E-state index in [9.17, 15) is 9.90 Å². The first kappa shape index (κ1) is 10.9. The van der Waals surface area contributed by atoms with Crippen molar-refractivity contribution in [1.29, 1.82) is 0 Å². The molecular formula is C9H7Br2NO3. The van der Waals surface area contributed by atoms with Gasteiger partial charge in [-0.1, -0.05) is 0 Å². The van der Waals surface area contributed by atoms with Crippen molar-refractivity contribution < 1.29 is 14.6 Å². The van der Waals surface area contributed by atoms with Crippen molar-refractivity contribution in [2.75, 3.05) is 6.61 Å². The van der Waals surface area contributed by atoms with Gasteiger partial charge in [-0.2, -0.15) is 0 Å². The molecule has 2 heterocycles. The minimum atomic E-state index is -0.997. The highest BCUT2D eigenvalue weighted by atomic mass is 79.9. The molecule has 80 valence electrons. The predicted octanol–water partition coefficient (Wildman–Crippen LogP) is 2.34. The molecule has 1 aromatic rings. The summed E-state index contributed by atoms with van der Waals surface area (Å²) in [6.45, 7) is 1.77. The molecule has 6 heteroatoms. The van der Waals surface area contributed by atoms with Crippen molar-refractivity contribution in [1.82, 2.24) is 4.98 Å². The first-order valence-electron chi connectivity index (χ1n) is 4.18. The van der Waals surface area contributed by atoms with E-state index in [4.69, 9.17) is 4.74 Å². The van der Waals surface area contributed by atoms with E-state index in [1.807, 2.05) is 0 Å². The largest absolute Gasteiger partial charge is 0.489 e. The number of rotatable bonds is 1. The van der Waals surface area contributed by atoms with Crippen LogP contribution in [0.4, 0.5) is 0 Å². The number of fused-ring (bicyclic) bond motifs is 1. The van der Waals surface area contributed by atoms with Crippen LogP contribution in [0.15, 0.2) is 15.3 Å². The van der Waals surface area contributed by atoms with E-state index in [1.165, 1.54) is 0 Å². The average molecular weight is 337 g/mol. The lowest BCUT2D eigenvalue weighted by molar-refractivity contribution is -0.143. The Morgan fingerprint density at radius 2 is 2.33 bits per heavy atom. The van der Waals surface area contributed by atoms with Gasteiger partial charge >= 0.3 is 5.97 Å². The number of nitrogens with zero attached hydrogens (tertiary/aromatic N) is 1. The molecule has 0 saturated carbocycles. The maximum atomic E-state index is 11.2. The second-order valence-electron chi connectivity index (χ2n) is 3.54. The number of hydrogen-bond acceptors (Lipinski definition) is 3. The molecule has 1 aliphatic rings. The Kier molecular flexibility index (Phi) is 2.50. The SMILES string of the molecule is CC1(C(=O)O)COc2c1cc(Br)nc2Br. The summed E-state index contributed by atoms with van der Waals surface area (Å²) in [5.74, 6) is -0.380. The van der Waals surface area contributed by atoms with E-state index in [1.54, 1.807) is 13.0 Å². The normalized spacial score (nSPS) is 23.4. The number of carboxylic acid groups (broad SMARTS) is 1. The van der Waals surface area contributed by atoms with E-state index in [0.29, 0.717) is 20.5 Å². The quantitative estimate of drug-likeness (QED) is 0.800. The van der Waals surface area contributed by atoms with Crippen molar-refractivity contribution in [3.63, 3.8) is 0 Å². The summed E-state index contributed by atoms with van der Waals surface area (Å²) in [6.07, 6.45) is 0.